The second-order valence-electron chi connectivity index (χ2n) is 6.89. The van der Waals surface area contributed by atoms with Gasteiger partial charge in [-0.1, -0.05) is 54.6 Å². The zero-order chi connectivity index (χ0) is 20.8. The van der Waals surface area contributed by atoms with Crippen molar-refractivity contribution >= 4 is 23.5 Å². The molecule has 4 rings (SSSR count). The largest absolute Gasteiger partial charge is 0.495 e. The first-order valence-electron chi connectivity index (χ1n) is 9.83. The van der Waals surface area contributed by atoms with E-state index in [1.165, 1.54) is 0 Å². The molecule has 0 radical (unpaired) electrons. The van der Waals surface area contributed by atoms with Crippen LogP contribution in [0.15, 0.2) is 78.9 Å². The maximum atomic E-state index is 13.0. The highest BCUT2D eigenvalue weighted by atomic mass is 32.2. The molecule has 1 aliphatic rings. The fourth-order valence-electron chi connectivity index (χ4n) is 3.39. The summed E-state index contributed by atoms with van der Waals surface area (Å²) in [5.74, 6) is 2.33. The molecule has 0 aromatic heterocycles. The van der Waals surface area contributed by atoms with E-state index >= 15 is 0 Å². The first-order valence-corrected chi connectivity index (χ1v) is 10.9. The van der Waals surface area contributed by atoms with Gasteiger partial charge in [0.2, 0.25) is 0 Å². The van der Waals surface area contributed by atoms with Crippen LogP contribution in [0, 0.1) is 0 Å². The Kier molecular flexibility index (Phi) is 6.44. The summed E-state index contributed by atoms with van der Waals surface area (Å²) in [5, 5.41) is 2.93. The Morgan fingerprint density at radius 3 is 2.70 bits per heavy atom. The van der Waals surface area contributed by atoms with E-state index < -0.39 is 0 Å². The van der Waals surface area contributed by atoms with Crippen LogP contribution in [0.4, 0.5) is 10.5 Å². The number of nitrogens with zero attached hydrogens (tertiary/aromatic N) is 1. The van der Waals surface area contributed by atoms with Crippen molar-refractivity contribution in [2.75, 3.05) is 24.7 Å². The number of methoxy groups -OCH3 is 1. The Bertz CT molecular complexity index is 997. The lowest BCUT2D eigenvalue weighted by Crippen LogP contribution is -2.34. The Morgan fingerprint density at radius 2 is 1.87 bits per heavy atom. The predicted octanol–water partition coefficient (Wildman–Crippen LogP) is 5.55. The topological polar surface area (TPSA) is 50.8 Å². The molecular weight excluding hydrogens is 396 g/mol. The van der Waals surface area contributed by atoms with Crippen molar-refractivity contribution in [2.24, 2.45) is 0 Å². The monoisotopic (exact) mass is 420 g/mol. The van der Waals surface area contributed by atoms with Crippen molar-refractivity contribution in [3.63, 3.8) is 0 Å². The minimum Gasteiger partial charge on any atom is -0.495 e. The molecule has 1 heterocycles. The number of amides is 2. The molecule has 0 aliphatic carbocycles. The second-order valence-corrected chi connectivity index (χ2v) is 8.08. The number of carbonyl (C=O) groups excluding carboxylic acids is 1. The molecule has 0 bridgehead atoms. The van der Waals surface area contributed by atoms with E-state index in [0.29, 0.717) is 24.6 Å². The molecule has 0 spiro atoms. The number of carbonyl (C=O) groups is 1. The van der Waals surface area contributed by atoms with Crippen molar-refractivity contribution in [2.45, 2.75) is 12.0 Å². The van der Waals surface area contributed by atoms with Gasteiger partial charge in [-0.3, -0.25) is 0 Å². The summed E-state index contributed by atoms with van der Waals surface area (Å²) in [6.07, 6.45) is 0. The van der Waals surface area contributed by atoms with Crippen LogP contribution in [0.1, 0.15) is 16.5 Å². The van der Waals surface area contributed by atoms with Gasteiger partial charge in [0.25, 0.3) is 0 Å². The quantitative estimate of drug-likeness (QED) is 0.568. The minimum absolute atomic E-state index is 0.0556. The van der Waals surface area contributed by atoms with E-state index in [9.17, 15) is 4.79 Å². The number of para-hydroxylation sites is 2. The summed E-state index contributed by atoms with van der Waals surface area (Å²) < 4.78 is 11.3. The fourth-order valence-corrected chi connectivity index (χ4v) is 4.63. The number of nitrogens with one attached hydrogen (secondary N) is 1. The number of rotatable bonds is 6. The highest BCUT2D eigenvalue weighted by Crippen LogP contribution is 2.39. The summed E-state index contributed by atoms with van der Waals surface area (Å²) >= 11 is 1.75. The molecule has 1 aliphatic heterocycles. The van der Waals surface area contributed by atoms with Crippen molar-refractivity contribution in [1.82, 2.24) is 4.90 Å². The lowest BCUT2D eigenvalue weighted by atomic mass is 10.2. The normalized spacial score (nSPS) is 15.6. The Balaban J connectivity index is 1.45. The van der Waals surface area contributed by atoms with Gasteiger partial charge in [0.05, 0.1) is 12.8 Å². The summed E-state index contributed by atoms with van der Waals surface area (Å²) in [6.45, 7) is 1.20. The summed E-state index contributed by atoms with van der Waals surface area (Å²) in [6, 6.07) is 25.4. The van der Waals surface area contributed by atoms with Gasteiger partial charge in [0, 0.05) is 12.3 Å². The van der Waals surface area contributed by atoms with Crippen LogP contribution in [0.2, 0.25) is 0 Å². The van der Waals surface area contributed by atoms with Crippen LogP contribution in [0.3, 0.4) is 0 Å². The van der Waals surface area contributed by atoms with Gasteiger partial charge in [-0.25, -0.2) is 4.79 Å². The number of benzene rings is 3. The van der Waals surface area contributed by atoms with Gasteiger partial charge in [-0.2, -0.15) is 0 Å². The summed E-state index contributed by atoms with van der Waals surface area (Å²) in [4.78, 5) is 14.8. The number of urea groups is 1. The van der Waals surface area contributed by atoms with Gasteiger partial charge in [0.15, 0.2) is 0 Å². The Hall–Kier alpha value is -3.12. The van der Waals surface area contributed by atoms with Gasteiger partial charge < -0.3 is 19.7 Å². The predicted molar refractivity (Wildman–Crippen MR) is 121 cm³/mol. The van der Waals surface area contributed by atoms with Crippen molar-refractivity contribution in [3.8, 4) is 11.5 Å². The van der Waals surface area contributed by atoms with Gasteiger partial charge in [-0.15, -0.1) is 11.8 Å². The van der Waals surface area contributed by atoms with E-state index in [1.807, 2.05) is 83.8 Å². The molecule has 3 aromatic rings. The lowest BCUT2D eigenvalue weighted by Gasteiger charge is -2.25. The van der Waals surface area contributed by atoms with E-state index in [4.69, 9.17) is 9.47 Å². The SMILES string of the molecule is COc1ccccc1NC(=O)N1CCSC1c1cccc(OCc2ccccc2)c1. The average Bonchev–Trinajstić information content (AvgIpc) is 3.29. The molecule has 1 atom stereocenters. The van der Waals surface area contributed by atoms with E-state index in [1.54, 1.807) is 18.9 Å². The third-order valence-corrected chi connectivity index (χ3v) is 6.15. The molecule has 30 heavy (non-hydrogen) atoms. The van der Waals surface area contributed by atoms with Crippen LogP contribution in [-0.2, 0) is 6.61 Å². The lowest BCUT2D eigenvalue weighted by molar-refractivity contribution is 0.214. The third-order valence-electron chi connectivity index (χ3n) is 4.89. The first-order chi connectivity index (χ1) is 14.7. The zero-order valence-corrected chi connectivity index (χ0v) is 17.6. The van der Waals surface area contributed by atoms with Crippen molar-refractivity contribution < 1.29 is 14.3 Å². The Labute approximate surface area is 181 Å². The van der Waals surface area contributed by atoms with Gasteiger partial charge >= 0.3 is 6.03 Å². The van der Waals surface area contributed by atoms with E-state index in [2.05, 4.69) is 5.32 Å². The van der Waals surface area contributed by atoms with Crippen molar-refractivity contribution in [3.05, 3.63) is 90.0 Å². The van der Waals surface area contributed by atoms with E-state index in [0.717, 1.165) is 22.6 Å². The third kappa shape index (κ3) is 4.71. The van der Waals surface area contributed by atoms with Crippen LogP contribution < -0.4 is 14.8 Å². The summed E-state index contributed by atoms with van der Waals surface area (Å²) in [5.41, 5.74) is 2.84. The molecule has 1 saturated heterocycles. The summed E-state index contributed by atoms with van der Waals surface area (Å²) in [7, 11) is 1.60. The average molecular weight is 421 g/mol. The molecule has 5 nitrogen and oxygen atoms in total. The maximum absolute atomic E-state index is 13.0. The molecule has 2 amide bonds. The number of thioether (sulfide) groups is 1. The molecule has 1 fully saturated rings. The molecule has 154 valence electrons. The first kappa shape index (κ1) is 20.2. The van der Waals surface area contributed by atoms with Gasteiger partial charge in [-0.05, 0) is 35.4 Å². The van der Waals surface area contributed by atoms with Crippen LogP contribution in [0.5, 0.6) is 11.5 Å². The Morgan fingerprint density at radius 1 is 1.07 bits per heavy atom. The number of hydrogen-bond acceptors (Lipinski definition) is 4. The van der Waals surface area contributed by atoms with Crippen LogP contribution in [0.25, 0.3) is 0 Å². The molecule has 1 N–H and O–H groups in total. The highest BCUT2D eigenvalue weighted by molar-refractivity contribution is 7.99. The highest BCUT2D eigenvalue weighted by Gasteiger charge is 2.31. The number of hydrogen-bond donors (Lipinski definition) is 1. The van der Waals surface area contributed by atoms with Gasteiger partial charge in [0.1, 0.15) is 23.5 Å². The minimum atomic E-state index is -0.134. The molecule has 1 unspecified atom stereocenters. The van der Waals surface area contributed by atoms with Crippen LogP contribution in [-0.4, -0.2) is 30.3 Å². The molecular formula is C24H24N2O3S. The fraction of sp³-hybridized carbons (Fsp3) is 0.208. The molecule has 0 saturated carbocycles. The number of ether oxygens (including phenoxy) is 2. The number of anilines is 1. The smallest absolute Gasteiger partial charge is 0.323 e. The molecule has 3 aromatic carbocycles. The second kappa shape index (κ2) is 9.59. The van der Waals surface area contributed by atoms with Crippen LogP contribution >= 0.6 is 11.8 Å². The van der Waals surface area contributed by atoms with E-state index in [-0.39, 0.29) is 11.4 Å². The van der Waals surface area contributed by atoms with Crippen molar-refractivity contribution in [1.29, 1.82) is 0 Å². The standard InChI is InChI=1S/C24H24N2O3S/c1-28-22-13-6-5-12-21(22)25-24(27)26-14-15-30-23(26)19-10-7-11-20(16-19)29-17-18-8-3-2-4-9-18/h2-13,16,23H,14-15,17H2,1H3,(H,25,27). The maximum Gasteiger partial charge on any atom is 0.323 e. The molecule has 6 heteroatoms. The zero-order valence-electron chi connectivity index (χ0n) is 16.8.